The minimum Gasteiger partial charge on any atom is -0.303 e. The van der Waals surface area contributed by atoms with Crippen molar-refractivity contribution in [2.75, 3.05) is 0 Å². The third-order valence-electron chi connectivity index (χ3n) is 5.34. The van der Waals surface area contributed by atoms with E-state index in [0.717, 1.165) is 32.5 Å². The zero-order valence-corrected chi connectivity index (χ0v) is 21.5. The van der Waals surface area contributed by atoms with Crippen LogP contribution in [-0.2, 0) is 11.2 Å². The molecule has 0 aliphatic carbocycles. The second kappa shape index (κ2) is 10.6. The van der Waals surface area contributed by atoms with Gasteiger partial charge in [-0.15, -0.1) is 5.10 Å². The van der Waals surface area contributed by atoms with Crippen LogP contribution in [0.25, 0.3) is 16.9 Å². The molecule has 0 saturated carbocycles. The van der Waals surface area contributed by atoms with Gasteiger partial charge in [-0.25, -0.2) is 4.68 Å². The predicted molar refractivity (Wildman–Crippen MR) is 146 cm³/mol. The van der Waals surface area contributed by atoms with Crippen molar-refractivity contribution in [2.45, 2.75) is 11.7 Å². The van der Waals surface area contributed by atoms with E-state index in [4.69, 9.17) is 16.7 Å². The number of para-hydroxylation sites is 1. The molecule has 1 aromatic heterocycles. The van der Waals surface area contributed by atoms with Crippen LogP contribution in [0.3, 0.4) is 0 Å². The molecule has 4 aromatic rings. The number of carbonyl (C=O) groups is 1. The first-order valence-electron chi connectivity index (χ1n) is 10.8. The Morgan fingerprint density at radius 1 is 1.06 bits per heavy atom. The van der Waals surface area contributed by atoms with E-state index in [1.807, 2.05) is 85.1 Å². The van der Waals surface area contributed by atoms with Gasteiger partial charge in [-0.2, -0.15) is 10.2 Å². The van der Waals surface area contributed by atoms with Crippen LogP contribution >= 0.6 is 39.3 Å². The summed E-state index contributed by atoms with van der Waals surface area (Å²) in [7, 11) is 0. The molecule has 174 valence electrons. The van der Waals surface area contributed by atoms with Crippen LogP contribution in [0.15, 0.2) is 99.7 Å². The van der Waals surface area contributed by atoms with Crippen LogP contribution in [0.4, 0.5) is 0 Å². The molecule has 1 N–H and O–H groups in total. The number of aromatic nitrogens is 2. The molecule has 9 heteroatoms. The Labute approximate surface area is 220 Å². The molecule has 6 nitrogen and oxygen atoms in total. The highest BCUT2D eigenvalue weighted by atomic mass is 79.9. The Morgan fingerprint density at radius 2 is 1.80 bits per heavy atom. The maximum atomic E-state index is 12.4. The van der Waals surface area contributed by atoms with Crippen molar-refractivity contribution < 1.29 is 4.79 Å². The van der Waals surface area contributed by atoms with E-state index in [2.05, 4.69) is 31.4 Å². The fraction of sp³-hybridized carbons (Fsp3) is 0.0769. The number of amides is 1. The summed E-state index contributed by atoms with van der Waals surface area (Å²) in [6.07, 6.45) is 4.18. The number of carbonyl (C=O) groups excluding carboxylic acids is 1. The third-order valence-corrected chi connectivity index (χ3v) is 7.19. The highest BCUT2D eigenvalue weighted by molar-refractivity contribution is 9.10. The number of amidine groups is 1. The Bertz CT molecular complexity index is 1400. The van der Waals surface area contributed by atoms with Gasteiger partial charge in [-0.1, -0.05) is 81.8 Å². The van der Waals surface area contributed by atoms with E-state index in [9.17, 15) is 4.79 Å². The van der Waals surface area contributed by atoms with Gasteiger partial charge in [0.05, 0.1) is 17.2 Å². The highest BCUT2D eigenvalue weighted by Crippen LogP contribution is 2.26. The summed E-state index contributed by atoms with van der Waals surface area (Å²) in [4.78, 5) is 12.4. The SMILES string of the molecule is O=C1N/C(=N\N=C\c2cn(-c3ccccc3)nc2-c2ccc(Cl)cc2)SC1Cc1ccc(Br)cc1. The number of nitrogens with zero attached hydrogens (tertiary/aromatic N) is 4. The van der Waals surface area contributed by atoms with Crippen LogP contribution < -0.4 is 5.32 Å². The molecule has 1 saturated heterocycles. The average Bonchev–Trinajstić information content (AvgIpc) is 3.45. The molecule has 1 fully saturated rings. The highest BCUT2D eigenvalue weighted by Gasteiger charge is 2.30. The van der Waals surface area contributed by atoms with E-state index < -0.39 is 0 Å². The van der Waals surface area contributed by atoms with Crippen molar-refractivity contribution in [1.29, 1.82) is 0 Å². The van der Waals surface area contributed by atoms with Gasteiger partial charge in [-0.3, -0.25) is 4.79 Å². The molecule has 0 radical (unpaired) electrons. The van der Waals surface area contributed by atoms with Gasteiger partial charge in [0.2, 0.25) is 5.91 Å². The molecule has 1 atom stereocenters. The number of rotatable bonds is 6. The molecule has 0 bridgehead atoms. The number of nitrogens with one attached hydrogen (secondary N) is 1. The molecule has 2 heterocycles. The Balaban J connectivity index is 1.37. The topological polar surface area (TPSA) is 71.6 Å². The quantitative estimate of drug-likeness (QED) is 0.227. The average molecular weight is 565 g/mol. The van der Waals surface area contributed by atoms with Crippen molar-refractivity contribution in [3.63, 3.8) is 0 Å². The normalized spacial score (nSPS) is 16.8. The molecule has 1 amide bonds. The number of hydrogen-bond acceptors (Lipinski definition) is 5. The maximum absolute atomic E-state index is 12.4. The first kappa shape index (κ1) is 23.5. The lowest BCUT2D eigenvalue weighted by atomic mass is 10.1. The molecule has 1 aliphatic rings. The molecule has 0 spiro atoms. The van der Waals surface area contributed by atoms with E-state index in [-0.39, 0.29) is 11.2 Å². The van der Waals surface area contributed by atoms with Gasteiger partial charge in [0, 0.05) is 26.8 Å². The molecule has 5 rings (SSSR count). The van der Waals surface area contributed by atoms with Crippen LogP contribution in [0, 0.1) is 0 Å². The van der Waals surface area contributed by atoms with Crippen LogP contribution in [0.2, 0.25) is 5.02 Å². The zero-order chi connectivity index (χ0) is 24.2. The summed E-state index contributed by atoms with van der Waals surface area (Å²) in [6.45, 7) is 0. The second-order valence-electron chi connectivity index (χ2n) is 7.80. The van der Waals surface area contributed by atoms with Crippen molar-refractivity contribution in [1.82, 2.24) is 15.1 Å². The lowest BCUT2D eigenvalue weighted by Crippen LogP contribution is -2.25. The molecule has 1 aliphatic heterocycles. The predicted octanol–water partition coefficient (Wildman–Crippen LogP) is 6.12. The van der Waals surface area contributed by atoms with Gasteiger partial charge in [0.25, 0.3) is 0 Å². The zero-order valence-electron chi connectivity index (χ0n) is 18.3. The second-order valence-corrected chi connectivity index (χ2v) is 10.3. The van der Waals surface area contributed by atoms with E-state index in [0.29, 0.717) is 16.6 Å². The van der Waals surface area contributed by atoms with Crippen LogP contribution in [-0.4, -0.2) is 32.3 Å². The first-order chi connectivity index (χ1) is 17.0. The summed E-state index contributed by atoms with van der Waals surface area (Å²) in [5.74, 6) is -0.0642. The molecule has 35 heavy (non-hydrogen) atoms. The summed E-state index contributed by atoms with van der Waals surface area (Å²) in [5.41, 5.74) is 4.48. The van der Waals surface area contributed by atoms with Crippen LogP contribution in [0.1, 0.15) is 11.1 Å². The standard InChI is InChI=1S/C26H19BrClN5OS/c27-20-10-6-17(7-11-20)14-23-25(34)30-26(35-23)31-29-15-19-16-33(22-4-2-1-3-5-22)32-24(19)18-8-12-21(28)13-9-18/h1-13,15-16,23H,14H2,(H,30,31,34)/b29-15+. The minimum atomic E-state index is -0.240. The monoisotopic (exact) mass is 563 g/mol. The van der Waals surface area contributed by atoms with E-state index in [1.54, 1.807) is 10.9 Å². The van der Waals surface area contributed by atoms with Gasteiger partial charge in [0.1, 0.15) is 5.69 Å². The van der Waals surface area contributed by atoms with E-state index in [1.165, 1.54) is 11.8 Å². The van der Waals surface area contributed by atoms with Gasteiger partial charge in [0.15, 0.2) is 5.17 Å². The summed E-state index contributed by atoms with van der Waals surface area (Å²) in [5, 5.41) is 17.0. The van der Waals surface area contributed by atoms with Gasteiger partial charge >= 0.3 is 0 Å². The molecular weight excluding hydrogens is 546 g/mol. The summed E-state index contributed by atoms with van der Waals surface area (Å²) >= 11 is 10.9. The van der Waals surface area contributed by atoms with Crippen molar-refractivity contribution in [3.8, 4) is 16.9 Å². The number of benzene rings is 3. The smallest absolute Gasteiger partial charge is 0.239 e. The summed E-state index contributed by atoms with van der Waals surface area (Å²) in [6, 6.07) is 25.3. The van der Waals surface area contributed by atoms with Crippen molar-refractivity contribution >= 4 is 56.6 Å². The number of hydrogen-bond donors (Lipinski definition) is 1. The number of thioether (sulfide) groups is 1. The minimum absolute atomic E-state index is 0.0642. The fourth-order valence-electron chi connectivity index (χ4n) is 3.59. The first-order valence-corrected chi connectivity index (χ1v) is 12.8. The molecule has 3 aromatic carbocycles. The Morgan fingerprint density at radius 3 is 2.54 bits per heavy atom. The number of halogens is 2. The van der Waals surface area contributed by atoms with Crippen molar-refractivity contribution in [2.24, 2.45) is 10.2 Å². The molecular formula is C26H19BrClN5OS. The Kier molecular flexibility index (Phi) is 7.13. The van der Waals surface area contributed by atoms with Gasteiger partial charge in [-0.05, 0) is 48.4 Å². The third kappa shape index (κ3) is 5.73. The van der Waals surface area contributed by atoms with Crippen molar-refractivity contribution in [3.05, 3.63) is 106 Å². The lowest BCUT2D eigenvalue weighted by Gasteiger charge is -2.05. The Hall–Kier alpha value is -3.20. The van der Waals surface area contributed by atoms with Gasteiger partial charge < -0.3 is 5.32 Å². The van der Waals surface area contributed by atoms with E-state index >= 15 is 0 Å². The lowest BCUT2D eigenvalue weighted by molar-refractivity contribution is -0.118. The molecule has 1 unspecified atom stereocenters. The van der Waals surface area contributed by atoms with Crippen LogP contribution in [0.5, 0.6) is 0 Å². The summed E-state index contributed by atoms with van der Waals surface area (Å²) < 4.78 is 2.81. The largest absolute Gasteiger partial charge is 0.303 e. The maximum Gasteiger partial charge on any atom is 0.239 e. The fourth-order valence-corrected chi connectivity index (χ4v) is 4.95.